The summed E-state index contributed by atoms with van der Waals surface area (Å²) in [5, 5.41) is 3.90. The van der Waals surface area contributed by atoms with Crippen molar-refractivity contribution >= 4 is 22.4 Å². The molecular formula is C24H30ClN3O4S. The second-order valence-corrected chi connectivity index (χ2v) is 9.84. The molecular weight excluding hydrogens is 462 g/mol. The zero-order chi connectivity index (χ0) is 22.6. The highest BCUT2D eigenvalue weighted by Gasteiger charge is 2.30. The number of nitrogens with one attached hydrogen (secondary N) is 1. The van der Waals surface area contributed by atoms with E-state index in [9.17, 15) is 8.42 Å². The van der Waals surface area contributed by atoms with Crippen LogP contribution in [0, 0.1) is 5.92 Å². The molecule has 1 aliphatic heterocycles. The highest BCUT2D eigenvalue weighted by molar-refractivity contribution is 7.89. The van der Waals surface area contributed by atoms with E-state index >= 15 is 0 Å². The van der Waals surface area contributed by atoms with Crippen molar-refractivity contribution in [2.45, 2.75) is 30.6 Å². The molecule has 0 bridgehead atoms. The van der Waals surface area contributed by atoms with E-state index in [1.54, 1.807) is 7.05 Å². The maximum absolute atomic E-state index is 12.3. The van der Waals surface area contributed by atoms with Crippen molar-refractivity contribution in [2.24, 2.45) is 13.0 Å². The van der Waals surface area contributed by atoms with Crippen molar-refractivity contribution < 1.29 is 17.9 Å². The van der Waals surface area contributed by atoms with Crippen molar-refractivity contribution in [3.8, 4) is 11.5 Å². The van der Waals surface area contributed by atoms with E-state index in [1.165, 1.54) is 22.6 Å². The molecule has 2 aromatic carbocycles. The number of ether oxygens (including phenoxy) is 2. The number of benzene rings is 2. The third kappa shape index (κ3) is 6.07. The Kier molecular flexibility index (Phi) is 8.40. The Balaban J connectivity index is 0.00000306. The predicted octanol–water partition coefficient (Wildman–Crippen LogP) is 3.94. The number of fused-ring (bicyclic) bond motifs is 1. The normalized spacial score (nSPS) is 17.5. The van der Waals surface area contributed by atoms with Gasteiger partial charge < -0.3 is 9.47 Å². The number of halogens is 1. The molecule has 0 amide bonds. The molecule has 1 aromatic heterocycles. The molecule has 178 valence electrons. The van der Waals surface area contributed by atoms with E-state index in [0.717, 1.165) is 30.8 Å². The number of aryl methyl sites for hydroxylation is 1. The van der Waals surface area contributed by atoms with E-state index in [2.05, 4.69) is 41.0 Å². The summed E-state index contributed by atoms with van der Waals surface area (Å²) in [5.41, 5.74) is 2.46. The first kappa shape index (κ1) is 25.1. The summed E-state index contributed by atoms with van der Waals surface area (Å²) < 4.78 is 40.5. The lowest BCUT2D eigenvalue weighted by molar-refractivity contribution is 0.187. The molecule has 4 rings (SSSR count). The summed E-state index contributed by atoms with van der Waals surface area (Å²) in [5.74, 6) is 2.39. The van der Waals surface area contributed by atoms with Crippen LogP contribution >= 0.6 is 12.4 Å². The number of aromatic nitrogens is 2. The molecule has 0 fully saturated rings. The van der Waals surface area contributed by atoms with Crippen LogP contribution in [0.4, 0.5) is 0 Å². The molecule has 0 radical (unpaired) electrons. The number of sulfonamides is 1. The summed E-state index contributed by atoms with van der Waals surface area (Å²) in [4.78, 5) is 0.139. The fourth-order valence-corrected chi connectivity index (χ4v) is 5.11. The first-order valence-corrected chi connectivity index (χ1v) is 12.4. The van der Waals surface area contributed by atoms with Gasteiger partial charge in [-0.25, -0.2) is 13.1 Å². The Morgan fingerprint density at radius 3 is 2.70 bits per heavy atom. The Labute approximate surface area is 201 Å². The maximum Gasteiger partial charge on any atom is 0.243 e. The van der Waals surface area contributed by atoms with E-state index in [4.69, 9.17) is 9.47 Å². The van der Waals surface area contributed by atoms with Crippen LogP contribution in [0.3, 0.4) is 0 Å². The molecule has 9 heteroatoms. The van der Waals surface area contributed by atoms with Crippen molar-refractivity contribution in [1.29, 1.82) is 0 Å². The molecule has 0 spiro atoms. The molecule has 2 heterocycles. The van der Waals surface area contributed by atoms with Gasteiger partial charge in [0, 0.05) is 31.3 Å². The first-order valence-electron chi connectivity index (χ1n) is 10.9. The van der Waals surface area contributed by atoms with Gasteiger partial charge in [-0.15, -0.1) is 12.4 Å². The molecule has 2 atom stereocenters. The zero-order valence-corrected chi connectivity index (χ0v) is 20.4. The topological polar surface area (TPSA) is 82.4 Å². The fourth-order valence-electron chi connectivity index (χ4n) is 4.12. The van der Waals surface area contributed by atoms with Gasteiger partial charge in [0.15, 0.2) is 0 Å². The molecule has 0 aliphatic carbocycles. The van der Waals surface area contributed by atoms with Gasteiger partial charge in [-0.1, -0.05) is 37.3 Å². The highest BCUT2D eigenvalue weighted by Crippen LogP contribution is 2.42. The highest BCUT2D eigenvalue weighted by atomic mass is 35.5. The second kappa shape index (κ2) is 11.0. The van der Waals surface area contributed by atoms with Gasteiger partial charge in [0.2, 0.25) is 10.0 Å². The van der Waals surface area contributed by atoms with Crippen molar-refractivity contribution in [1.82, 2.24) is 14.5 Å². The van der Waals surface area contributed by atoms with E-state index in [1.807, 2.05) is 24.3 Å². The Morgan fingerprint density at radius 1 is 1.21 bits per heavy atom. The van der Waals surface area contributed by atoms with Crippen LogP contribution in [0.5, 0.6) is 11.5 Å². The van der Waals surface area contributed by atoms with E-state index in [-0.39, 0.29) is 30.5 Å². The van der Waals surface area contributed by atoms with Crippen LogP contribution in [-0.2, 0) is 23.5 Å². The van der Waals surface area contributed by atoms with Crippen LogP contribution in [0.2, 0.25) is 0 Å². The van der Waals surface area contributed by atoms with Crippen molar-refractivity contribution in [3.05, 3.63) is 72.1 Å². The fraction of sp³-hybridized carbons (Fsp3) is 0.375. The summed E-state index contributed by atoms with van der Waals surface area (Å²) in [7, 11) is -1.92. The molecule has 1 aliphatic rings. The lowest BCUT2D eigenvalue weighted by Gasteiger charge is -2.33. The summed E-state index contributed by atoms with van der Waals surface area (Å²) in [6.07, 6.45) is 4.77. The molecule has 2 unspecified atom stereocenters. The van der Waals surface area contributed by atoms with Gasteiger partial charge in [0.1, 0.15) is 23.0 Å². The smallest absolute Gasteiger partial charge is 0.243 e. The van der Waals surface area contributed by atoms with Gasteiger partial charge in [0.05, 0.1) is 12.8 Å². The predicted molar refractivity (Wildman–Crippen MR) is 130 cm³/mol. The van der Waals surface area contributed by atoms with Crippen molar-refractivity contribution in [3.63, 3.8) is 0 Å². The summed E-state index contributed by atoms with van der Waals surface area (Å²) in [6, 6.07) is 16.4. The maximum atomic E-state index is 12.3. The van der Waals surface area contributed by atoms with Crippen LogP contribution in [0.1, 0.15) is 30.4 Å². The van der Waals surface area contributed by atoms with Gasteiger partial charge >= 0.3 is 0 Å². The molecule has 0 saturated carbocycles. The van der Waals surface area contributed by atoms with Gasteiger partial charge in [0.25, 0.3) is 0 Å². The molecule has 7 nitrogen and oxygen atoms in total. The van der Waals surface area contributed by atoms with Crippen molar-refractivity contribution in [2.75, 3.05) is 19.8 Å². The third-order valence-corrected chi connectivity index (χ3v) is 7.30. The Hall–Kier alpha value is -2.55. The Morgan fingerprint density at radius 2 is 2.00 bits per heavy atom. The summed E-state index contributed by atoms with van der Waals surface area (Å²) >= 11 is 0. The molecule has 3 aromatic rings. The number of nitrogens with zero attached hydrogens (tertiary/aromatic N) is 2. The van der Waals surface area contributed by atoms with Gasteiger partial charge in [-0.3, -0.25) is 4.68 Å². The second-order valence-electron chi connectivity index (χ2n) is 8.07. The minimum Gasteiger partial charge on any atom is -0.493 e. The SMILES string of the molecule is CCC1COc2ccc(OCCNS(=O)(=O)c3cnn(C)c3)cc2C1Cc1ccccc1.Cl. The quantitative estimate of drug-likeness (QED) is 0.458. The molecule has 33 heavy (non-hydrogen) atoms. The minimum atomic E-state index is -3.60. The van der Waals surface area contributed by atoms with E-state index in [0.29, 0.717) is 17.6 Å². The van der Waals surface area contributed by atoms with E-state index < -0.39 is 10.0 Å². The van der Waals surface area contributed by atoms with Gasteiger partial charge in [-0.2, -0.15) is 5.10 Å². The number of hydrogen-bond donors (Lipinski definition) is 1. The molecule has 0 saturated heterocycles. The minimum absolute atomic E-state index is 0. The first-order chi connectivity index (χ1) is 15.5. The summed E-state index contributed by atoms with van der Waals surface area (Å²) in [6.45, 7) is 3.30. The Bertz CT molecular complexity index is 1150. The lowest BCUT2D eigenvalue weighted by Crippen LogP contribution is -2.28. The average Bonchev–Trinajstić information content (AvgIpc) is 3.25. The number of rotatable bonds is 9. The number of hydrogen-bond acceptors (Lipinski definition) is 5. The van der Waals surface area contributed by atoms with Crippen LogP contribution in [0.15, 0.2) is 65.8 Å². The monoisotopic (exact) mass is 491 g/mol. The average molecular weight is 492 g/mol. The van der Waals surface area contributed by atoms with Crippen LogP contribution < -0.4 is 14.2 Å². The van der Waals surface area contributed by atoms with Gasteiger partial charge in [-0.05, 0) is 42.5 Å². The zero-order valence-electron chi connectivity index (χ0n) is 18.8. The van der Waals surface area contributed by atoms with Crippen LogP contribution in [0.25, 0.3) is 0 Å². The largest absolute Gasteiger partial charge is 0.493 e. The third-order valence-electron chi connectivity index (χ3n) is 5.88. The van der Waals surface area contributed by atoms with Crippen LogP contribution in [-0.4, -0.2) is 38.0 Å². The molecule has 1 N–H and O–H groups in total. The standard InChI is InChI=1S/C24H29N3O4S.ClH/c1-3-19-17-31-24-10-9-20(14-23(24)22(19)13-18-7-5-4-6-8-18)30-12-11-26-32(28,29)21-15-25-27(2)16-21;/h4-10,14-16,19,22,26H,3,11-13,17H2,1-2H3;1H. The lowest BCUT2D eigenvalue weighted by atomic mass is 9.78.